The first-order valence-corrected chi connectivity index (χ1v) is 25.3. The van der Waals surface area contributed by atoms with E-state index < -0.39 is 20.2 Å². The van der Waals surface area contributed by atoms with Crippen molar-refractivity contribution in [3.8, 4) is 0 Å². The van der Waals surface area contributed by atoms with Crippen LogP contribution in [-0.4, -0.2) is 37.9 Å². The number of hydrogen-bond acceptors (Lipinski definition) is 8. The molecule has 12 N–H and O–H groups in total. The minimum atomic E-state index is -4.51. The topological polar surface area (TPSA) is 294 Å². The minimum absolute atomic E-state index is 0.0833. The van der Waals surface area contributed by atoms with Gasteiger partial charge >= 0.3 is 11.9 Å². The van der Waals surface area contributed by atoms with Crippen LogP contribution in [0.1, 0.15) is 33.4 Å². The number of azo groups is 1. The molecule has 0 radical (unpaired) electrons. The molecule has 0 saturated heterocycles. The van der Waals surface area contributed by atoms with Crippen LogP contribution < -0.4 is 33.8 Å². The van der Waals surface area contributed by atoms with E-state index in [4.69, 9.17) is 0 Å². The van der Waals surface area contributed by atoms with Gasteiger partial charge in [0.2, 0.25) is 0 Å². The Kier molecular flexibility index (Phi) is 26.2. The first-order chi connectivity index (χ1) is 34.5. The normalized spacial score (nSPS) is 10.4. The van der Waals surface area contributed by atoms with Crippen LogP contribution in [0.2, 0.25) is 0 Å². The fraction of sp³-hybridized carbons (Fsp3) is 0.107. The molecule has 0 heterocycles. The molecule has 14 nitrogen and oxygen atoms in total. The van der Waals surface area contributed by atoms with E-state index in [0.29, 0.717) is 11.4 Å². The Labute approximate surface area is 423 Å². The summed E-state index contributed by atoms with van der Waals surface area (Å²) < 4.78 is 64.5. The Bertz CT molecular complexity index is 2590. The van der Waals surface area contributed by atoms with Gasteiger partial charge in [-0.15, -0.1) is 0 Å². The van der Waals surface area contributed by atoms with Crippen LogP contribution in [0.5, 0.6) is 0 Å². The molecule has 0 aliphatic rings. The first kappa shape index (κ1) is 58.0. The van der Waals surface area contributed by atoms with E-state index in [-0.39, 0.29) is 21.7 Å². The molecule has 0 unspecified atom stereocenters. The molecule has 0 bridgehead atoms. The molecular weight excluding hydrogens is 945 g/mol. The van der Waals surface area contributed by atoms with Gasteiger partial charge in [0, 0.05) is 0 Å². The van der Waals surface area contributed by atoms with Gasteiger partial charge in [-0.3, -0.25) is 33.8 Å². The van der Waals surface area contributed by atoms with E-state index in [1.165, 1.54) is 57.6 Å². The van der Waals surface area contributed by atoms with Crippen LogP contribution in [-0.2, 0) is 58.8 Å². The highest BCUT2D eigenvalue weighted by molar-refractivity contribution is 7.86. The second-order valence-electron chi connectivity index (χ2n) is 15.5. The van der Waals surface area contributed by atoms with E-state index in [1.807, 2.05) is 0 Å². The Hall–Kier alpha value is -8.28. The lowest BCUT2D eigenvalue weighted by molar-refractivity contribution is -0.117. The zero-order valence-electron chi connectivity index (χ0n) is 39.8. The summed E-state index contributed by atoms with van der Waals surface area (Å²) in [6.45, 7) is 0. The fourth-order valence-corrected chi connectivity index (χ4v) is 7.15. The molecule has 16 heteroatoms. The molecule has 0 fully saturated rings. The molecule has 72 heavy (non-hydrogen) atoms. The summed E-state index contributed by atoms with van der Waals surface area (Å²) in [5.41, 5.74) is 27.4. The molecule has 8 rings (SSSR count). The Morgan fingerprint density at radius 1 is 0.319 bits per heavy atom. The second-order valence-corrected chi connectivity index (χ2v) is 18.3. The molecule has 0 amide bonds. The molecule has 0 saturated carbocycles. The minimum Gasteiger partial charge on any atom is -0.744 e. The third-order valence-electron chi connectivity index (χ3n) is 9.70. The van der Waals surface area contributed by atoms with Gasteiger partial charge < -0.3 is 9.11 Å². The third-order valence-corrected chi connectivity index (χ3v) is 11.4. The number of nitrogens with zero attached hydrogens (tertiary/aromatic N) is 2. The summed E-state index contributed by atoms with van der Waals surface area (Å²) in [6, 6.07) is 73.3. The van der Waals surface area contributed by atoms with E-state index in [2.05, 4.69) is 226 Å². The van der Waals surface area contributed by atoms with Crippen molar-refractivity contribution in [3.63, 3.8) is 0 Å². The number of hydrogen-bond donors (Lipinski definition) is 6. The molecule has 0 aromatic heterocycles. The fourth-order valence-electron chi connectivity index (χ4n) is 6.21. The maximum absolute atomic E-state index is 10.8. The second kappa shape index (κ2) is 32.5. The molecule has 0 aliphatic heterocycles. The lowest BCUT2D eigenvalue weighted by Crippen LogP contribution is -2.51. The molecule has 8 aromatic rings. The third kappa shape index (κ3) is 27.0. The number of aryl methyl sites for hydroxylation is 6. The summed E-state index contributed by atoms with van der Waals surface area (Å²) in [7, 11) is -9.03. The average Bonchev–Trinajstić information content (AvgIpc) is 3.38. The number of nitrogens with two attached hydrogens (primary N) is 6. The predicted molar refractivity (Wildman–Crippen MR) is 284 cm³/mol. The molecule has 8 aromatic carbocycles. The summed E-state index contributed by atoms with van der Waals surface area (Å²) in [5.74, 6) is -0.167. The van der Waals surface area contributed by atoms with Gasteiger partial charge in [-0.2, -0.15) is 10.2 Å². The van der Waals surface area contributed by atoms with E-state index in [1.54, 1.807) is 0 Å². The van der Waals surface area contributed by atoms with Crippen molar-refractivity contribution in [2.75, 3.05) is 0 Å². The largest absolute Gasteiger partial charge is 0.744 e. The molecule has 0 spiro atoms. The van der Waals surface area contributed by atoms with Crippen molar-refractivity contribution in [1.29, 1.82) is 0 Å². The summed E-state index contributed by atoms with van der Waals surface area (Å²) >= 11 is 0. The molecule has 374 valence electrons. The SMILES string of the molecule is NC(N)=[NH2+].NC(N)=[NH2+].O=S(=O)([O-])c1ccc(N=Nc2ccc(S(=O)(=O)[O-])cc2)cc1.c1ccc(CCc2ccccc2)cc1.c1ccc(CCc2ccccc2)cc1.c1ccc(CCc2ccccc2)cc1. The van der Waals surface area contributed by atoms with Gasteiger partial charge in [0.1, 0.15) is 20.2 Å². The Morgan fingerprint density at radius 2 is 0.472 bits per heavy atom. The van der Waals surface area contributed by atoms with Crippen LogP contribution in [0.15, 0.2) is 251 Å². The number of benzene rings is 8. The van der Waals surface area contributed by atoms with Crippen LogP contribution in [0.3, 0.4) is 0 Å². The average molecular weight is 1010 g/mol. The smallest absolute Gasteiger partial charge is 0.336 e. The predicted octanol–water partition coefficient (Wildman–Crippen LogP) is 6.36. The maximum atomic E-state index is 10.8. The van der Waals surface area contributed by atoms with Crippen molar-refractivity contribution >= 4 is 43.5 Å². The van der Waals surface area contributed by atoms with Gasteiger partial charge in [-0.05, 0) is 120 Å². The van der Waals surface area contributed by atoms with E-state index in [9.17, 15) is 25.9 Å². The monoisotopic (exact) mass is 1010 g/mol. The van der Waals surface area contributed by atoms with Crippen LogP contribution in [0, 0.1) is 0 Å². The van der Waals surface area contributed by atoms with Crippen molar-refractivity contribution in [2.45, 2.75) is 48.3 Å². The van der Waals surface area contributed by atoms with Crippen LogP contribution >= 0.6 is 0 Å². The zero-order chi connectivity index (χ0) is 52.5. The summed E-state index contributed by atoms with van der Waals surface area (Å²) in [4.78, 5) is -0.757. The lowest BCUT2D eigenvalue weighted by Gasteiger charge is -2.06. The molecule has 0 atom stereocenters. The number of guanidine groups is 2. The molecular formula is C56H62N8O6S2. The highest BCUT2D eigenvalue weighted by atomic mass is 32.2. The highest BCUT2D eigenvalue weighted by Gasteiger charge is 2.02. The van der Waals surface area contributed by atoms with Gasteiger partial charge in [0.25, 0.3) is 0 Å². The van der Waals surface area contributed by atoms with Gasteiger partial charge in [0.05, 0.1) is 21.2 Å². The summed E-state index contributed by atoms with van der Waals surface area (Å²) in [5, 5.41) is 16.8. The van der Waals surface area contributed by atoms with E-state index in [0.717, 1.165) is 62.8 Å². The van der Waals surface area contributed by atoms with E-state index >= 15 is 0 Å². The standard InChI is InChI=1S/3C14H14.C12H10N2O6S2.2CH5N3/c3*1-3-7-13(8-4-1)11-12-14-9-5-2-6-10-14;15-21(16,17)11-5-1-9(2-6-11)13-14-10-3-7-12(8-4-10)22(18,19)20;2*2-1(3)4/h3*1-10H,11-12H2;1-8H,(H,15,16,17)(H,18,19,20);2*(H5,2,3,4). The number of rotatable bonds is 13. The van der Waals surface area contributed by atoms with Crippen molar-refractivity contribution in [3.05, 3.63) is 264 Å². The summed E-state index contributed by atoms with van der Waals surface area (Å²) in [6.07, 6.45) is 6.78. The molecule has 0 aliphatic carbocycles. The Morgan fingerprint density at radius 3 is 0.611 bits per heavy atom. The van der Waals surface area contributed by atoms with Crippen molar-refractivity contribution in [2.24, 2.45) is 33.2 Å². The van der Waals surface area contributed by atoms with Crippen molar-refractivity contribution < 1.29 is 36.8 Å². The maximum Gasteiger partial charge on any atom is 0.336 e. The van der Waals surface area contributed by atoms with Crippen molar-refractivity contribution in [1.82, 2.24) is 0 Å². The quantitative estimate of drug-likeness (QED) is 0.0321. The van der Waals surface area contributed by atoms with Gasteiger partial charge in [-0.1, -0.05) is 182 Å². The zero-order valence-corrected chi connectivity index (χ0v) is 41.4. The highest BCUT2D eigenvalue weighted by Crippen LogP contribution is 2.22. The van der Waals surface area contributed by atoms with Gasteiger partial charge in [-0.25, -0.2) is 16.8 Å². The first-order valence-electron chi connectivity index (χ1n) is 22.5. The van der Waals surface area contributed by atoms with Crippen LogP contribution in [0.25, 0.3) is 0 Å². The Balaban J connectivity index is 0.000000245. The van der Waals surface area contributed by atoms with Gasteiger partial charge in [0.15, 0.2) is 0 Å². The van der Waals surface area contributed by atoms with Crippen LogP contribution in [0.4, 0.5) is 11.4 Å². The lowest BCUT2D eigenvalue weighted by atomic mass is 10.0.